The lowest BCUT2D eigenvalue weighted by Gasteiger charge is -2.33. The molecule has 0 radical (unpaired) electrons. The third-order valence-electron chi connectivity index (χ3n) is 6.19. The van der Waals surface area contributed by atoms with Crippen molar-refractivity contribution in [1.82, 2.24) is 10.2 Å². The number of anilines is 1. The molecule has 0 bridgehead atoms. The predicted molar refractivity (Wildman–Crippen MR) is 152 cm³/mol. The highest BCUT2D eigenvalue weighted by Gasteiger charge is 2.36. The number of rotatable bonds is 11. The van der Waals surface area contributed by atoms with Gasteiger partial charge in [-0.25, -0.2) is 8.42 Å². The molecule has 0 heterocycles. The molecule has 0 saturated heterocycles. The lowest BCUT2D eigenvalue weighted by Crippen LogP contribution is -2.53. The van der Waals surface area contributed by atoms with Gasteiger partial charge >= 0.3 is 6.18 Å². The lowest BCUT2D eigenvalue weighted by atomic mass is 10.1. The van der Waals surface area contributed by atoms with Crippen LogP contribution in [-0.4, -0.2) is 43.8 Å². The highest BCUT2D eigenvalue weighted by atomic mass is 35.5. The zero-order chi connectivity index (χ0) is 30.4. The molecule has 0 aliphatic rings. The lowest BCUT2D eigenvalue weighted by molar-refractivity contribution is -0.140. The minimum Gasteiger partial charge on any atom is -0.352 e. The Kier molecular flexibility index (Phi) is 10.4. The van der Waals surface area contributed by atoms with Gasteiger partial charge < -0.3 is 10.2 Å². The van der Waals surface area contributed by atoms with Crippen LogP contribution in [0.25, 0.3) is 0 Å². The van der Waals surface area contributed by atoms with Crippen molar-refractivity contribution in [2.24, 2.45) is 0 Å². The first kappa shape index (κ1) is 32.0. The fraction of sp³-hybridized carbons (Fsp3) is 0.310. The van der Waals surface area contributed by atoms with Crippen LogP contribution in [-0.2, 0) is 32.3 Å². The Morgan fingerprint density at radius 3 is 2.17 bits per heavy atom. The number of hydrogen-bond acceptors (Lipinski definition) is 4. The predicted octanol–water partition coefficient (Wildman–Crippen LogP) is 5.89. The van der Waals surface area contributed by atoms with Crippen LogP contribution >= 0.6 is 11.6 Å². The summed E-state index contributed by atoms with van der Waals surface area (Å²) < 4.78 is 68.8. The van der Waals surface area contributed by atoms with Gasteiger partial charge in [-0.05, 0) is 62.2 Å². The normalized spacial score (nSPS) is 12.6. The van der Waals surface area contributed by atoms with Gasteiger partial charge in [-0.3, -0.25) is 13.9 Å². The molecule has 220 valence electrons. The zero-order valence-corrected chi connectivity index (χ0v) is 24.3. The van der Waals surface area contributed by atoms with Crippen LogP contribution in [0.1, 0.15) is 38.3 Å². The van der Waals surface area contributed by atoms with E-state index < -0.39 is 46.2 Å². The second-order valence-corrected chi connectivity index (χ2v) is 11.8. The van der Waals surface area contributed by atoms with Crippen molar-refractivity contribution < 1.29 is 31.2 Å². The summed E-state index contributed by atoms with van der Waals surface area (Å²) >= 11 is 6.35. The first-order valence-corrected chi connectivity index (χ1v) is 14.7. The average molecular weight is 610 g/mol. The van der Waals surface area contributed by atoms with Gasteiger partial charge in [-0.1, -0.05) is 61.0 Å². The average Bonchev–Trinajstić information content (AvgIpc) is 2.92. The van der Waals surface area contributed by atoms with Crippen LogP contribution in [0, 0.1) is 0 Å². The molecule has 0 aliphatic heterocycles. The number of amides is 2. The van der Waals surface area contributed by atoms with E-state index in [2.05, 4.69) is 5.32 Å². The zero-order valence-electron chi connectivity index (χ0n) is 22.7. The molecule has 7 nitrogen and oxygen atoms in total. The SMILES string of the molecule is CCC(C(=O)NC(C)C)N(Cc1ccccc1Cl)C(=O)CN(c1cccc(C(F)(F)F)c1)S(=O)(=O)c1ccccc1. The highest BCUT2D eigenvalue weighted by Crippen LogP contribution is 2.33. The van der Waals surface area contributed by atoms with Crippen LogP contribution in [0.5, 0.6) is 0 Å². The van der Waals surface area contributed by atoms with Gasteiger partial charge in [0.25, 0.3) is 10.0 Å². The van der Waals surface area contributed by atoms with E-state index in [4.69, 9.17) is 11.6 Å². The van der Waals surface area contributed by atoms with Crippen molar-refractivity contribution >= 4 is 39.1 Å². The fourth-order valence-electron chi connectivity index (χ4n) is 4.20. The first-order valence-electron chi connectivity index (χ1n) is 12.8. The first-order chi connectivity index (χ1) is 19.3. The molecule has 0 saturated carbocycles. The molecule has 1 unspecified atom stereocenters. The summed E-state index contributed by atoms with van der Waals surface area (Å²) in [6.07, 6.45) is -4.57. The van der Waals surface area contributed by atoms with Gasteiger partial charge in [0, 0.05) is 17.6 Å². The summed E-state index contributed by atoms with van der Waals surface area (Å²) in [5.74, 6) is -1.26. The number of halogens is 4. The summed E-state index contributed by atoms with van der Waals surface area (Å²) in [7, 11) is -4.51. The van der Waals surface area contributed by atoms with Crippen molar-refractivity contribution in [2.45, 2.75) is 56.9 Å². The van der Waals surface area contributed by atoms with E-state index in [-0.39, 0.29) is 29.6 Å². The molecule has 12 heteroatoms. The second-order valence-electron chi connectivity index (χ2n) is 9.57. The molecule has 0 spiro atoms. The van der Waals surface area contributed by atoms with Crippen LogP contribution in [0.15, 0.2) is 83.8 Å². The summed E-state index contributed by atoms with van der Waals surface area (Å²) in [4.78, 5) is 28.1. The fourth-order valence-corrected chi connectivity index (χ4v) is 5.82. The molecule has 2 amide bonds. The van der Waals surface area contributed by atoms with Gasteiger partial charge in [0.1, 0.15) is 12.6 Å². The van der Waals surface area contributed by atoms with E-state index in [1.165, 1.54) is 35.2 Å². The third-order valence-corrected chi connectivity index (χ3v) is 8.34. The van der Waals surface area contributed by atoms with Gasteiger partial charge in [0.15, 0.2) is 0 Å². The van der Waals surface area contributed by atoms with Crippen LogP contribution < -0.4 is 9.62 Å². The molecule has 3 rings (SSSR count). The van der Waals surface area contributed by atoms with Crippen molar-refractivity contribution in [3.05, 3.63) is 95.0 Å². The number of sulfonamides is 1. The van der Waals surface area contributed by atoms with Crippen molar-refractivity contribution in [2.75, 3.05) is 10.8 Å². The van der Waals surface area contributed by atoms with Gasteiger partial charge in [-0.2, -0.15) is 13.2 Å². The van der Waals surface area contributed by atoms with Gasteiger partial charge in [0.05, 0.1) is 16.1 Å². The summed E-state index contributed by atoms with van der Waals surface area (Å²) in [6, 6.07) is 16.3. The molecule has 3 aromatic carbocycles. The van der Waals surface area contributed by atoms with E-state index in [9.17, 15) is 31.2 Å². The molecule has 1 atom stereocenters. The maximum absolute atomic E-state index is 14.0. The molecular weight excluding hydrogens is 579 g/mol. The quantitative estimate of drug-likeness (QED) is 0.294. The Hall–Kier alpha value is -3.57. The number of nitrogens with one attached hydrogen (secondary N) is 1. The Labute approximate surface area is 243 Å². The standard InChI is InChI=1S/C29H31ClF3N3O4S/c1-4-26(28(38)34-20(2)3)35(18-21-11-8-9-16-25(21)30)27(37)19-36(41(39,40)24-14-6-5-7-15-24)23-13-10-12-22(17-23)29(31,32)33/h5-17,20,26H,4,18-19H2,1-3H3,(H,34,38). The molecule has 0 aliphatic carbocycles. The van der Waals surface area contributed by atoms with Crippen molar-refractivity contribution in [3.8, 4) is 0 Å². The minimum atomic E-state index is -4.75. The Balaban J connectivity index is 2.12. The molecular formula is C29H31ClF3N3O4S. The number of carbonyl (C=O) groups excluding carboxylic acids is 2. The topological polar surface area (TPSA) is 86.8 Å². The van der Waals surface area contributed by atoms with Gasteiger partial charge in [-0.15, -0.1) is 0 Å². The van der Waals surface area contributed by atoms with Crippen LogP contribution in [0.3, 0.4) is 0 Å². The number of hydrogen-bond donors (Lipinski definition) is 1. The summed E-state index contributed by atoms with van der Waals surface area (Å²) in [5.41, 5.74) is -0.921. The molecule has 1 N–H and O–H groups in total. The highest BCUT2D eigenvalue weighted by molar-refractivity contribution is 7.92. The second kappa shape index (κ2) is 13.4. The van der Waals surface area contributed by atoms with Crippen LogP contribution in [0.4, 0.5) is 18.9 Å². The number of benzene rings is 3. The largest absolute Gasteiger partial charge is 0.416 e. The number of nitrogens with zero attached hydrogens (tertiary/aromatic N) is 2. The van der Waals surface area contributed by atoms with E-state index in [1.54, 1.807) is 51.1 Å². The Morgan fingerprint density at radius 2 is 1.59 bits per heavy atom. The maximum Gasteiger partial charge on any atom is 0.416 e. The minimum absolute atomic E-state index is 0.135. The molecule has 41 heavy (non-hydrogen) atoms. The Bertz CT molecular complexity index is 1470. The number of carbonyl (C=O) groups is 2. The Morgan fingerprint density at radius 1 is 0.951 bits per heavy atom. The smallest absolute Gasteiger partial charge is 0.352 e. The van der Waals surface area contributed by atoms with E-state index in [0.717, 1.165) is 12.1 Å². The van der Waals surface area contributed by atoms with Crippen molar-refractivity contribution in [3.63, 3.8) is 0 Å². The van der Waals surface area contributed by atoms with E-state index in [0.29, 0.717) is 21.0 Å². The molecule has 0 fully saturated rings. The van der Waals surface area contributed by atoms with Gasteiger partial charge in [0.2, 0.25) is 11.8 Å². The molecule has 0 aromatic heterocycles. The third kappa shape index (κ3) is 8.01. The maximum atomic E-state index is 14.0. The van der Waals surface area contributed by atoms with E-state index in [1.807, 2.05) is 0 Å². The van der Waals surface area contributed by atoms with E-state index >= 15 is 0 Å². The summed E-state index contributed by atoms with van der Waals surface area (Å²) in [6.45, 7) is 4.21. The van der Waals surface area contributed by atoms with Crippen molar-refractivity contribution in [1.29, 1.82) is 0 Å². The monoisotopic (exact) mass is 609 g/mol. The molecule has 3 aromatic rings. The van der Waals surface area contributed by atoms with Crippen LogP contribution in [0.2, 0.25) is 5.02 Å². The summed E-state index contributed by atoms with van der Waals surface area (Å²) in [5, 5.41) is 3.10. The number of alkyl halides is 3.